The van der Waals surface area contributed by atoms with Gasteiger partial charge in [-0.15, -0.1) is 0 Å². The fourth-order valence-corrected chi connectivity index (χ4v) is 3.79. The summed E-state index contributed by atoms with van der Waals surface area (Å²) in [6.07, 6.45) is -0.286. The van der Waals surface area contributed by atoms with Crippen molar-refractivity contribution < 1.29 is 23.8 Å². The number of ether oxygens (including phenoxy) is 3. The van der Waals surface area contributed by atoms with Gasteiger partial charge < -0.3 is 19.5 Å². The molecule has 1 aliphatic carbocycles. The Hall–Kier alpha value is -2.86. The fourth-order valence-electron chi connectivity index (χ4n) is 3.79. The third-order valence-electron chi connectivity index (χ3n) is 5.39. The van der Waals surface area contributed by atoms with Crippen LogP contribution in [0.5, 0.6) is 0 Å². The highest BCUT2D eigenvalue weighted by molar-refractivity contribution is 5.82. The number of amides is 1. The first-order valence-corrected chi connectivity index (χ1v) is 9.34. The van der Waals surface area contributed by atoms with Gasteiger partial charge >= 0.3 is 12.1 Å². The lowest BCUT2D eigenvalue weighted by atomic mass is 9.98. The minimum absolute atomic E-state index is 0.0287. The van der Waals surface area contributed by atoms with E-state index < -0.39 is 23.7 Å². The molecule has 2 aliphatic rings. The monoisotopic (exact) mass is 381 g/mol. The first kappa shape index (κ1) is 18.5. The van der Waals surface area contributed by atoms with Crippen LogP contribution in [0.15, 0.2) is 48.5 Å². The van der Waals surface area contributed by atoms with Gasteiger partial charge in [-0.05, 0) is 29.2 Å². The van der Waals surface area contributed by atoms with Crippen LogP contribution in [-0.2, 0) is 19.0 Å². The molecule has 1 heterocycles. The molecule has 2 aromatic rings. The number of nitrogens with one attached hydrogen (secondary N) is 1. The minimum Gasteiger partial charge on any atom is -0.467 e. The zero-order valence-electron chi connectivity index (χ0n) is 15.9. The Kier molecular flexibility index (Phi) is 4.81. The van der Waals surface area contributed by atoms with E-state index in [0.717, 1.165) is 11.1 Å². The molecule has 2 unspecified atom stereocenters. The van der Waals surface area contributed by atoms with E-state index in [9.17, 15) is 9.59 Å². The van der Waals surface area contributed by atoms with Crippen LogP contribution in [0.1, 0.15) is 30.4 Å². The van der Waals surface area contributed by atoms with E-state index in [1.807, 2.05) is 31.2 Å². The van der Waals surface area contributed by atoms with Crippen LogP contribution in [0.2, 0.25) is 0 Å². The lowest BCUT2D eigenvalue weighted by molar-refractivity contribution is -0.143. The summed E-state index contributed by atoms with van der Waals surface area (Å²) in [4.78, 5) is 24.4. The summed E-state index contributed by atoms with van der Waals surface area (Å²) < 4.78 is 15.6. The Labute approximate surface area is 163 Å². The van der Waals surface area contributed by atoms with Gasteiger partial charge in [0, 0.05) is 12.3 Å². The summed E-state index contributed by atoms with van der Waals surface area (Å²) in [7, 11) is 1.30. The van der Waals surface area contributed by atoms with Crippen LogP contribution >= 0.6 is 0 Å². The zero-order valence-corrected chi connectivity index (χ0v) is 15.9. The zero-order chi connectivity index (χ0) is 19.7. The van der Waals surface area contributed by atoms with Gasteiger partial charge in [0.25, 0.3) is 0 Å². The molecule has 0 saturated carbocycles. The van der Waals surface area contributed by atoms with Crippen molar-refractivity contribution >= 4 is 12.1 Å². The number of benzene rings is 2. The number of hydrogen-bond acceptors (Lipinski definition) is 5. The first-order valence-electron chi connectivity index (χ1n) is 9.34. The molecular weight excluding hydrogens is 358 g/mol. The predicted molar refractivity (Wildman–Crippen MR) is 103 cm³/mol. The smallest absolute Gasteiger partial charge is 0.407 e. The maximum Gasteiger partial charge on any atom is 0.407 e. The molecule has 1 N–H and O–H groups in total. The van der Waals surface area contributed by atoms with E-state index in [2.05, 4.69) is 29.6 Å². The largest absolute Gasteiger partial charge is 0.467 e. The van der Waals surface area contributed by atoms with Crippen molar-refractivity contribution in [2.24, 2.45) is 0 Å². The standard InChI is InChI=1S/C22H23NO5/c1-22(13-28-22)11-19(20(24)26-2)23-21(25)27-12-18-16-9-5-3-7-14(16)15-8-4-6-10-17(15)18/h3-10,18-19H,11-13H2,1-2H3,(H,23,25). The number of carbonyl (C=O) groups is 2. The van der Waals surface area contributed by atoms with Crippen LogP contribution in [0, 0.1) is 0 Å². The molecule has 0 aromatic heterocycles. The van der Waals surface area contributed by atoms with Crippen molar-refractivity contribution in [3.8, 4) is 11.1 Å². The molecule has 6 nitrogen and oxygen atoms in total. The minimum atomic E-state index is -0.798. The van der Waals surface area contributed by atoms with Gasteiger partial charge in [0.05, 0.1) is 19.3 Å². The molecule has 28 heavy (non-hydrogen) atoms. The number of fused-ring (bicyclic) bond motifs is 3. The summed E-state index contributed by atoms with van der Waals surface area (Å²) in [5.41, 5.74) is 4.21. The number of rotatable bonds is 6. The average Bonchev–Trinajstić information content (AvgIpc) is 3.35. The Balaban J connectivity index is 1.44. The maximum absolute atomic E-state index is 12.4. The second-order valence-corrected chi connectivity index (χ2v) is 7.49. The first-order chi connectivity index (χ1) is 13.5. The summed E-state index contributed by atoms with van der Waals surface area (Å²) in [6, 6.07) is 15.5. The van der Waals surface area contributed by atoms with Crippen molar-refractivity contribution in [2.45, 2.75) is 30.9 Å². The SMILES string of the molecule is COC(=O)C(CC1(C)CO1)NC(=O)OCC1c2ccccc2-c2ccccc21. The van der Waals surface area contributed by atoms with Crippen LogP contribution < -0.4 is 5.32 Å². The highest BCUT2D eigenvalue weighted by Gasteiger charge is 2.44. The molecule has 1 amide bonds. The normalized spacial score (nSPS) is 20.6. The molecular formula is C22H23NO5. The van der Waals surface area contributed by atoms with E-state index in [1.165, 1.54) is 18.2 Å². The number of carbonyl (C=O) groups excluding carboxylic acids is 2. The molecule has 1 aliphatic heterocycles. The molecule has 0 radical (unpaired) electrons. The van der Waals surface area contributed by atoms with E-state index in [4.69, 9.17) is 14.2 Å². The summed E-state index contributed by atoms with van der Waals surface area (Å²) in [5.74, 6) is -0.538. The van der Waals surface area contributed by atoms with Gasteiger partial charge in [0.1, 0.15) is 12.6 Å². The Morgan fingerprint density at radius 3 is 2.25 bits per heavy atom. The average molecular weight is 381 g/mol. The van der Waals surface area contributed by atoms with Crippen molar-refractivity contribution in [1.29, 1.82) is 0 Å². The summed E-state index contributed by atoms with van der Waals surface area (Å²) >= 11 is 0. The van der Waals surface area contributed by atoms with E-state index in [0.29, 0.717) is 13.0 Å². The van der Waals surface area contributed by atoms with Gasteiger partial charge in [-0.1, -0.05) is 48.5 Å². The van der Waals surface area contributed by atoms with Gasteiger partial charge in [0.2, 0.25) is 0 Å². The van der Waals surface area contributed by atoms with Gasteiger partial charge in [-0.2, -0.15) is 0 Å². The fraction of sp³-hybridized carbons (Fsp3) is 0.364. The second-order valence-electron chi connectivity index (χ2n) is 7.49. The highest BCUT2D eigenvalue weighted by atomic mass is 16.6. The number of alkyl carbamates (subject to hydrolysis) is 1. The molecule has 146 valence electrons. The molecule has 0 spiro atoms. The predicted octanol–water partition coefficient (Wildman–Crippen LogP) is 3.25. The van der Waals surface area contributed by atoms with Crippen molar-refractivity contribution in [2.75, 3.05) is 20.3 Å². The molecule has 0 bridgehead atoms. The second kappa shape index (κ2) is 7.28. The number of methoxy groups -OCH3 is 1. The topological polar surface area (TPSA) is 77.2 Å². The number of esters is 1. The summed E-state index contributed by atoms with van der Waals surface area (Å²) in [5, 5.41) is 2.62. The summed E-state index contributed by atoms with van der Waals surface area (Å²) in [6.45, 7) is 2.65. The lowest BCUT2D eigenvalue weighted by Crippen LogP contribution is -2.44. The number of hydrogen-bond donors (Lipinski definition) is 1. The highest BCUT2D eigenvalue weighted by Crippen LogP contribution is 2.44. The third kappa shape index (κ3) is 3.60. The molecule has 2 atom stereocenters. The van der Waals surface area contributed by atoms with Crippen molar-refractivity contribution in [3.63, 3.8) is 0 Å². The van der Waals surface area contributed by atoms with Crippen LogP contribution in [0.4, 0.5) is 4.79 Å². The van der Waals surface area contributed by atoms with Crippen LogP contribution in [-0.4, -0.2) is 44.0 Å². The van der Waals surface area contributed by atoms with Gasteiger partial charge in [-0.3, -0.25) is 0 Å². The van der Waals surface area contributed by atoms with E-state index >= 15 is 0 Å². The molecule has 4 rings (SSSR count). The van der Waals surface area contributed by atoms with Crippen LogP contribution in [0.3, 0.4) is 0 Å². The van der Waals surface area contributed by atoms with E-state index in [1.54, 1.807) is 0 Å². The Morgan fingerprint density at radius 1 is 1.14 bits per heavy atom. The molecule has 2 aromatic carbocycles. The lowest BCUT2D eigenvalue weighted by Gasteiger charge is -2.19. The van der Waals surface area contributed by atoms with Crippen LogP contribution in [0.25, 0.3) is 11.1 Å². The molecule has 1 fully saturated rings. The Morgan fingerprint density at radius 2 is 1.71 bits per heavy atom. The number of epoxide rings is 1. The maximum atomic E-state index is 12.4. The Bertz CT molecular complexity index is 860. The van der Waals surface area contributed by atoms with E-state index in [-0.39, 0.29) is 12.5 Å². The quantitative estimate of drug-likeness (QED) is 0.614. The van der Waals surface area contributed by atoms with Gasteiger partial charge in [-0.25, -0.2) is 9.59 Å². The van der Waals surface area contributed by atoms with Gasteiger partial charge in [0.15, 0.2) is 0 Å². The molecule has 6 heteroatoms. The van der Waals surface area contributed by atoms with Crippen molar-refractivity contribution in [1.82, 2.24) is 5.32 Å². The van der Waals surface area contributed by atoms with Crippen molar-refractivity contribution in [3.05, 3.63) is 59.7 Å². The molecule has 1 saturated heterocycles. The third-order valence-corrected chi connectivity index (χ3v) is 5.39.